The number of carbonyl (C=O) groups excluding carboxylic acids is 2. The van der Waals surface area contributed by atoms with Crippen LogP contribution in [0.25, 0.3) is 0 Å². The van der Waals surface area contributed by atoms with Gasteiger partial charge in [-0.05, 0) is 68.9 Å². The number of hydrogen-bond acceptors (Lipinski definition) is 6. The fourth-order valence-corrected chi connectivity index (χ4v) is 5.66. The van der Waals surface area contributed by atoms with Crippen LogP contribution >= 0.6 is 0 Å². The maximum absolute atomic E-state index is 14.0. The highest BCUT2D eigenvalue weighted by Crippen LogP contribution is 2.46. The lowest BCUT2D eigenvalue weighted by molar-refractivity contribution is -0.233. The molecule has 39 heavy (non-hydrogen) atoms. The average Bonchev–Trinajstić information content (AvgIpc) is 2.87. The summed E-state index contributed by atoms with van der Waals surface area (Å²) in [4.78, 5) is 42.0. The van der Waals surface area contributed by atoms with Gasteiger partial charge in [-0.2, -0.15) is 13.2 Å². The molecule has 4 rings (SSSR count). The van der Waals surface area contributed by atoms with Gasteiger partial charge in [0.05, 0.1) is 6.10 Å². The van der Waals surface area contributed by atoms with Crippen LogP contribution in [0.3, 0.4) is 0 Å². The first kappa shape index (κ1) is 29.1. The predicted molar refractivity (Wildman–Crippen MR) is 136 cm³/mol. The molecule has 0 radical (unpaired) electrons. The number of piperidine rings is 1. The van der Waals surface area contributed by atoms with Crippen LogP contribution in [-0.2, 0) is 32.0 Å². The maximum Gasteiger partial charge on any atom is 0.403 e. The number of aliphatic carboxylic acids is 1. The molecule has 0 bridgehead atoms. The van der Waals surface area contributed by atoms with E-state index in [1.165, 1.54) is 17.4 Å². The summed E-state index contributed by atoms with van der Waals surface area (Å²) >= 11 is 0. The van der Waals surface area contributed by atoms with Crippen LogP contribution in [-0.4, -0.2) is 77.3 Å². The number of alkyl halides is 3. The summed E-state index contributed by atoms with van der Waals surface area (Å²) in [7, 11) is 0. The number of fused-ring (bicyclic) bond motifs is 1. The molecule has 1 unspecified atom stereocenters. The number of amides is 2. The highest BCUT2D eigenvalue weighted by Gasteiger charge is 2.61. The number of rotatable bonds is 10. The second kappa shape index (κ2) is 12.1. The normalized spacial score (nSPS) is 23.1. The minimum atomic E-state index is -4.87. The molecule has 2 amide bonds. The van der Waals surface area contributed by atoms with E-state index in [4.69, 9.17) is 9.72 Å². The zero-order chi connectivity index (χ0) is 28.2. The van der Waals surface area contributed by atoms with Crippen LogP contribution in [0.5, 0.6) is 0 Å². The summed E-state index contributed by atoms with van der Waals surface area (Å²) in [6, 6.07) is 2.72. The first-order chi connectivity index (χ1) is 18.5. The summed E-state index contributed by atoms with van der Waals surface area (Å²) in [6.07, 6.45) is -0.584. The van der Waals surface area contributed by atoms with Gasteiger partial charge in [0, 0.05) is 45.3 Å². The van der Waals surface area contributed by atoms with E-state index in [-0.39, 0.29) is 38.1 Å². The maximum atomic E-state index is 14.0. The van der Waals surface area contributed by atoms with Gasteiger partial charge in [-0.3, -0.25) is 9.59 Å². The molecular weight excluding hydrogens is 517 g/mol. The summed E-state index contributed by atoms with van der Waals surface area (Å²) in [5.41, 5.74) is -0.418. The van der Waals surface area contributed by atoms with Crippen molar-refractivity contribution in [2.24, 2.45) is 11.3 Å². The van der Waals surface area contributed by atoms with Crippen molar-refractivity contribution >= 4 is 23.6 Å². The lowest BCUT2D eigenvalue weighted by Gasteiger charge is -2.41. The van der Waals surface area contributed by atoms with Crippen molar-refractivity contribution in [2.45, 2.75) is 83.0 Å². The lowest BCUT2D eigenvalue weighted by Crippen LogP contribution is -2.59. The van der Waals surface area contributed by atoms with E-state index >= 15 is 0 Å². The van der Waals surface area contributed by atoms with Crippen molar-refractivity contribution in [1.82, 2.24) is 15.2 Å². The third-order valence-corrected chi connectivity index (χ3v) is 8.36. The number of nitrogens with zero attached hydrogens (tertiary/aromatic N) is 2. The average molecular weight is 555 g/mol. The molecule has 1 aromatic heterocycles. The fraction of sp³-hybridized carbons (Fsp3) is 0.704. The molecule has 0 aromatic carbocycles. The van der Waals surface area contributed by atoms with Crippen molar-refractivity contribution in [2.75, 3.05) is 31.6 Å². The Labute approximate surface area is 225 Å². The third-order valence-electron chi connectivity index (χ3n) is 8.36. The molecule has 9 nitrogen and oxygen atoms in total. The molecule has 3 N–H and O–H groups in total. The highest BCUT2D eigenvalue weighted by atomic mass is 19.4. The minimum absolute atomic E-state index is 0.0177. The van der Waals surface area contributed by atoms with Crippen LogP contribution in [0.4, 0.5) is 19.0 Å². The van der Waals surface area contributed by atoms with E-state index in [1.54, 1.807) is 0 Å². The summed E-state index contributed by atoms with van der Waals surface area (Å²) in [6.45, 7) is 1.79. The van der Waals surface area contributed by atoms with Crippen LogP contribution in [0.15, 0.2) is 12.1 Å². The Bertz CT molecular complexity index is 1050. The van der Waals surface area contributed by atoms with Gasteiger partial charge in [0.25, 0.3) is 0 Å². The number of pyridine rings is 1. The number of aryl methyl sites for hydroxylation is 2. The number of carboxylic acids is 1. The van der Waals surface area contributed by atoms with Crippen molar-refractivity contribution in [1.29, 1.82) is 0 Å². The Kier molecular flexibility index (Phi) is 9.03. The van der Waals surface area contributed by atoms with Crippen LogP contribution in [0.2, 0.25) is 0 Å². The Morgan fingerprint density at radius 2 is 1.97 bits per heavy atom. The molecule has 0 spiro atoms. The molecule has 1 aromatic rings. The second-order valence-electron chi connectivity index (χ2n) is 10.9. The van der Waals surface area contributed by atoms with Crippen LogP contribution in [0, 0.1) is 11.3 Å². The molecule has 12 heteroatoms. The number of carboxylic acid groups (broad SMARTS) is 1. The summed E-state index contributed by atoms with van der Waals surface area (Å²) in [5, 5.41) is 15.0. The topological polar surface area (TPSA) is 121 Å². The van der Waals surface area contributed by atoms with E-state index in [2.05, 4.69) is 22.8 Å². The van der Waals surface area contributed by atoms with Gasteiger partial charge in [0.2, 0.25) is 11.8 Å². The van der Waals surface area contributed by atoms with E-state index in [0.29, 0.717) is 5.92 Å². The predicted octanol–water partition coefficient (Wildman–Crippen LogP) is 3.32. The number of likely N-dealkylation sites (tertiary alicyclic amines) is 1. The number of carbonyl (C=O) groups is 3. The molecule has 3 aliphatic rings. The Morgan fingerprint density at radius 1 is 1.26 bits per heavy atom. The molecule has 2 aliphatic heterocycles. The van der Waals surface area contributed by atoms with Gasteiger partial charge in [0.15, 0.2) is 0 Å². The SMILES string of the molecule is CC(=O)N1CCC(C(=O)NC(CCOC2CC(CCc3ccc4c(n3)NCCC4)C2)C(=O)O)(C(F)(F)F)CC1. The van der Waals surface area contributed by atoms with Crippen molar-refractivity contribution in [3.8, 4) is 0 Å². The highest BCUT2D eigenvalue weighted by molar-refractivity contribution is 5.88. The van der Waals surface area contributed by atoms with Crippen molar-refractivity contribution in [3.63, 3.8) is 0 Å². The molecule has 216 valence electrons. The zero-order valence-electron chi connectivity index (χ0n) is 22.2. The van der Waals surface area contributed by atoms with Gasteiger partial charge >= 0.3 is 12.1 Å². The third kappa shape index (κ3) is 6.82. The molecule has 1 atom stereocenters. The van der Waals surface area contributed by atoms with E-state index < -0.39 is 42.4 Å². The molecule has 1 saturated carbocycles. The Morgan fingerprint density at radius 3 is 2.62 bits per heavy atom. The molecule has 3 heterocycles. The second-order valence-corrected chi connectivity index (χ2v) is 10.9. The molecule has 2 fully saturated rings. The number of hydrogen-bond donors (Lipinski definition) is 3. The first-order valence-electron chi connectivity index (χ1n) is 13.7. The number of ether oxygens (including phenoxy) is 1. The van der Waals surface area contributed by atoms with Crippen LogP contribution < -0.4 is 10.6 Å². The standard InChI is InChI=1S/C27H37F3N4O5/c1-17(35)34-12-9-26(10-13-34,27(28,29)30)25(38)33-22(24(36)37)8-14-39-21-15-18(16-21)4-6-20-7-5-19-3-2-11-31-23(19)32-20/h5,7,18,21-22H,2-4,6,8-16H2,1H3,(H,31,32)(H,33,38)(H,36,37). The van der Waals surface area contributed by atoms with E-state index in [9.17, 15) is 32.7 Å². The van der Waals surface area contributed by atoms with Gasteiger partial charge in [-0.1, -0.05) is 6.07 Å². The van der Waals surface area contributed by atoms with Crippen LogP contribution in [0.1, 0.15) is 63.1 Å². The molecule has 1 aliphatic carbocycles. The number of nitrogens with one attached hydrogen (secondary N) is 2. The largest absolute Gasteiger partial charge is 0.480 e. The van der Waals surface area contributed by atoms with Gasteiger partial charge in [0.1, 0.15) is 17.3 Å². The summed E-state index contributed by atoms with van der Waals surface area (Å²) in [5.74, 6) is -1.68. The first-order valence-corrected chi connectivity index (χ1v) is 13.7. The Balaban J connectivity index is 1.20. The number of halogens is 3. The van der Waals surface area contributed by atoms with Crippen molar-refractivity contribution < 1.29 is 37.4 Å². The Hall–Kier alpha value is -2.89. The minimum Gasteiger partial charge on any atom is -0.480 e. The lowest BCUT2D eigenvalue weighted by atomic mass is 9.76. The molecule has 1 saturated heterocycles. The number of anilines is 1. The number of aromatic nitrogens is 1. The summed E-state index contributed by atoms with van der Waals surface area (Å²) < 4.78 is 47.7. The van der Waals surface area contributed by atoms with Gasteiger partial charge in [-0.25, -0.2) is 9.78 Å². The fourth-order valence-electron chi connectivity index (χ4n) is 5.66. The monoisotopic (exact) mass is 554 g/mol. The van der Waals surface area contributed by atoms with Crippen molar-refractivity contribution in [3.05, 3.63) is 23.4 Å². The van der Waals surface area contributed by atoms with Gasteiger partial charge < -0.3 is 25.4 Å². The van der Waals surface area contributed by atoms with E-state index in [1.807, 2.05) is 0 Å². The smallest absolute Gasteiger partial charge is 0.403 e. The molecular formula is C27H37F3N4O5. The van der Waals surface area contributed by atoms with Gasteiger partial charge in [-0.15, -0.1) is 0 Å². The zero-order valence-corrected chi connectivity index (χ0v) is 22.2. The van der Waals surface area contributed by atoms with E-state index in [0.717, 1.165) is 56.6 Å². The quantitative estimate of drug-likeness (QED) is 0.406.